The summed E-state index contributed by atoms with van der Waals surface area (Å²) >= 11 is 0. The molecule has 2 fully saturated rings. The Kier molecular flexibility index (Phi) is 14.1. The summed E-state index contributed by atoms with van der Waals surface area (Å²) in [5.41, 5.74) is 2.54. The molecule has 2 heterocycles. The summed E-state index contributed by atoms with van der Waals surface area (Å²) < 4.78 is 34.7. The van der Waals surface area contributed by atoms with Crippen LogP contribution in [0.3, 0.4) is 0 Å². The molecular weight excluding hydrogens is 678 g/mol. The summed E-state index contributed by atoms with van der Waals surface area (Å²) in [6.45, 7) is 12.7. The van der Waals surface area contributed by atoms with Gasteiger partial charge in [0.2, 0.25) is 0 Å². The number of hydrogen-bond acceptors (Lipinski definition) is 9. The van der Waals surface area contributed by atoms with Crippen molar-refractivity contribution in [3.05, 3.63) is 101 Å². The first-order valence-electron chi connectivity index (χ1n) is 18.4. The van der Waals surface area contributed by atoms with E-state index in [0.717, 1.165) is 16.7 Å². The molecule has 5 rings (SSSR count). The number of nitrogens with zero attached hydrogens (tertiary/aromatic N) is 1. The molecule has 2 N–H and O–H groups in total. The van der Waals surface area contributed by atoms with Crippen molar-refractivity contribution in [1.82, 2.24) is 15.5 Å². The zero-order chi connectivity index (χ0) is 37.8. The lowest BCUT2D eigenvalue weighted by Gasteiger charge is -2.46. The van der Waals surface area contributed by atoms with Crippen molar-refractivity contribution in [2.24, 2.45) is 11.8 Å². The Morgan fingerprint density at radius 2 is 1.53 bits per heavy atom. The lowest BCUT2D eigenvalue weighted by Crippen LogP contribution is -2.59. The summed E-state index contributed by atoms with van der Waals surface area (Å²) in [7, 11) is 0. The molecular formula is C41H53N3O9. The lowest BCUT2D eigenvalue weighted by molar-refractivity contribution is -0.138. The highest BCUT2D eigenvalue weighted by atomic mass is 16.7. The normalized spacial score (nSPS) is 18.9. The van der Waals surface area contributed by atoms with E-state index in [1.807, 2.05) is 101 Å². The van der Waals surface area contributed by atoms with Gasteiger partial charge in [0.25, 0.3) is 5.91 Å². The number of hydrogen-bond donors (Lipinski definition) is 2. The number of nitrogens with one attached hydrogen (secondary N) is 2. The van der Waals surface area contributed by atoms with Gasteiger partial charge in [-0.1, -0.05) is 54.6 Å². The number of likely N-dealkylation sites (tertiary alicyclic amines) is 1. The first kappa shape index (κ1) is 39.6. The topological polar surface area (TPSA) is 134 Å². The van der Waals surface area contributed by atoms with Crippen LogP contribution in [0.5, 0.6) is 5.75 Å². The number of amides is 3. The Hall–Kier alpha value is -4.65. The number of ether oxygens (including phenoxy) is 6. The number of alkyl carbamates (subject to hydrolysis) is 1. The van der Waals surface area contributed by atoms with E-state index in [2.05, 4.69) is 10.6 Å². The van der Waals surface area contributed by atoms with Crippen LogP contribution in [0.4, 0.5) is 9.59 Å². The van der Waals surface area contributed by atoms with Gasteiger partial charge < -0.3 is 44.0 Å². The Morgan fingerprint density at radius 1 is 0.868 bits per heavy atom. The van der Waals surface area contributed by atoms with E-state index in [0.29, 0.717) is 63.8 Å². The highest BCUT2D eigenvalue weighted by Gasteiger charge is 2.45. The van der Waals surface area contributed by atoms with Gasteiger partial charge in [0.15, 0.2) is 6.29 Å². The molecule has 12 heteroatoms. The molecule has 2 aliphatic rings. The van der Waals surface area contributed by atoms with Crippen LogP contribution in [0.25, 0.3) is 0 Å². The molecule has 12 nitrogen and oxygen atoms in total. The zero-order valence-corrected chi connectivity index (χ0v) is 31.4. The Morgan fingerprint density at radius 3 is 2.17 bits per heavy atom. The predicted molar refractivity (Wildman–Crippen MR) is 199 cm³/mol. The SMILES string of the molecule is CCOC(CCNC(=O)c1ccc(COc2cccc(C(NC(=O)OC3C4COCC3CN(C(=O)OC(C)(C)C)C4)c3ccccc3)c2)cc1)OCC. The zero-order valence-electron chi connectivity index (χ0n) is 31.4. The summed E-state index contributed by atoms with van der Waals surface area (Å²) in [4.78, 5) is 40.8. The van der Waals surface area contributed by atoms with Crippen molar-refractivity contribution in [2.45, 2.75) is 71.7 Å². The van der Waals surface area contributed by atoms with E-state index in [4.69, 9.17) is 28.4 Å². The van der Waals surface area contributed by atoms with E-state index in [-0.39, 0.29) is 36.7 Å². The summed E-state index contributed by atoms with van der Waals surface area (Å²) in [5.74, 6) is 0.114. The van der Waals surface area contributed by atoms with Crippen LogP contribution in [-0.2, 0) is 30.3 Å². The van der Waals surface area contributed by atoms with E-state index in [9.17, 15) is 14.4 Å². The third-order valence-corrected chi connectivity index (χ3v) is 8.98. The van der Waals surface area contributed by atoms with E-state index in [1.165, 1.54) is 0 Å². The molecule has 53 heavy (non-hydrogen) atoms. The number of carbonyl (C=O) groups excluding carboxylic acids is 3. The maximum Gasteiger partial charge on any atom is 0.410 e. The van der Waals surface area contributed by atoms with Crippen molar-refractivity contribution in [1.29, 1.82) is 0 Å². The molecule has 0 spiro atoms. The molecule has 3 unspecified atom stereocenters. The van der Waals surface area contributed by atoms with Gasteiger partial charge in [-0.25, -0.2) is 9.59 Å². The lowest BCUT2D eigenvalue weighted by atomic mass is 9.85. The van der Waals surface area contributed by atoms with Crippen molar-refractivity contribution in [2.75, 3.05) is 46.1 Å². The van der Waals surface area contributed by atoms with Gasteiger partial charge in [-0.2, -0.15) is 0 Å². The fraction of sp³-hybridized carbons (Fsp3) is 0.488. The second-order valence-electron chi connectivity index (χ2n) is 14.2. The van der Waals surface area contributed by atoms with E-state index >= 15 is 0 Å². The summed E-state index contributed by atoms with van der Waals surface area (Å²) in [6, 6.07) is 24.0. The van der Waals surface area contributed by atoms with Gasteiger partial charge in [0, 0.05) is 56.7 Å². The molecule has 0 aliphatic carbocycles. The van der Waals surface area contributed by atoms with Gasteiger partial charge in [-0.05, 0) is 75.6 Å². The van der Waals surface area contributed by atoms with Gasteiger partial charge in [-0.15, -0.1) is 0 Å². The number of carbonyl (C=O) groups is 3. The fourth-order valence-corrected chi connectivity index (χ4v) is 6.54. The molecule has 3 aromatic carbocycles. The standard InChI is InChI=1S/C41H53N3O9/c1-6-49-35(50-7-2)20-21-42-38(45)30-18-16-28(17-19-30)25-51-34-15-11-14-31(22-34)36(29-12-9-8-10-13-29)43-39(46)52-37-32-23-44(24-33(37)27-48-26-32)40(47)53-41(3,4)5/h8-19,22,32-33,35-37H,6-7,20-21,23-27H2,1-5H3,(H,42,45)(H,43,46). The first-order chi connectivity index (χ1) is 25.5. The van der Waals surface area contributed by atoms with Crippen molar-refractivity contribution >= 4 is 18.1 Å². The number of rotatable bonds is 15. The summed E-state index contributed by atoms with van der Waals surface area (Å²) in [5, 5.41) is 6.01. The van der Waals surface area contributed by atoms with E-state index in [1.54, 1.807) is 17.0 Å². The van der Waals surface area contributed by atoms with Gasteiger partial charge >= 0.3 is 12.2 Å². The molecule has 3 atom stereocenters. The minimum absolute atomic E-state index is 0.169. The minimum Gasteiger partial charge on any atom is -0.489 e. The molecule has 3 amide bonds. The molecule has 0 aromatic heterocycles. The minimum atomic E-state index is -0.602. The number of benzene rings is 3. The molecule has 286 valence electrons. The quantitative estimate of drug-likeness (QED) is 0.169. The highest BCUT2D eigenvalue weighted by Crippen LogP contribution is 2.32. The second kappa shape index (κ2) is 18.9. The number of piperidine rings is 1. The fourth-order valence-electron chi connectivity index (χ4n) is 6.54. The van der Waals surface area contributed by atoms with Crippen LogP contribution in [-0.4, -0.2) is 87.1 Å². The van der Waals surface area contributed by atoms with E-state index < -0.39 is 23.8 Å². The average Bonchev–Trinajstić information content (AvgIpc) is 3.13. The van der Waals surface area contributed by atoms with Crippen LogP contribution in [0, 0.1) is 11.8 Å². The van der Waals surface area contributed by atoms with Gasteiger partial charge in [0.05, 0.1) is 19.3 Å². The van der Waals surface area contributed by atoms with Crippen molar-refractivity contribution in [3.8, 4) is 5.75 Å². The van der Waals surface area contributed by atoms with Gasteiger partial charge in [0.1, 0.15) is 24.1 Å². The highest BCUT2D eigenvalue weighted by molar-refractivity contribution is 5.94. The Bertz CT molecular complexity index is 1610. The third-order valence-electron chi connectivity index (χ3n) is 8.98. The first-order valence-corrected chi connectivity index (χ1v) is 18.4. The van der Waals surface area contributed by atoms with Crippen LogP contribution in [0.1, 0.15) is 74.1 Å². The monoisotopic (exact) mass is 731 g/mol. The molecule has 2 aliphatic heterocycles. The maximum atomic E-state index is 13.6. The van der Waals surface area contributed by atoms with Crippen LogP contribution < -0.4 is 15.4 Å². The molecule has 2 bridgehead atoms. The molecule has 0 radical (unpaired) electrons. The maximum absolute atomic E-state index is 13.6. The smallest absolute Gasteiger partial charge is 0.410 e. The van der Waals surface area contributed by atoms with Crippen LogP contribution >= 0.6 is 0 Å². The molecule has 3 aromatic rings. The predicted octanol–water partition coefficient (Wildman–Crippen LogP) is 6.48. The van der Waals surface area contributed by atoms with Crippen molar-refractivity contribution < 1.29 is 42.8 Å². The second-order valence-corrected chi connectivity index (χ2v) is 14.2. The summed E-state index contributed by atoms with van der Waals surface area (Å²) in [6.07, 6.45) is -1.10. The Balaban J connectivity index is 1.18. The number of fused-ring (bicyclic) bond motifs is 2. The van der Waals surface area contributed by atoms with Crippen LogP contribution in [0.15, 0.2) is 78.9 Å². The Labute approximate surface area is 312 Å². The third kappa shape index (κ3) is 11.7. The molecule has 2 saturated heterocycles. The largest absolute Gasteiger partial charge is 0.489 e. The average molecular weight is 732 g/mol. The van der Waals surface area contributed by atoms with Crippen molar-refractivity contribution in [3.63, 3.8) is 0 Å². The van der Waals surface area contributed by atoms with Gasteiger partial charge in [-0.3, -0.25) is 4.79 Å². The van der Waals surface area contributed by atoms with Crippen LogP contribution in [0.2, 0.25) is 0 Å². The molecule has 0 saturated carbocycles.